The molecule has 3 aromatic rings. The Balaban J connectivity index is 1.27. The molecule has 5 rings (SSSR count). The van der Waals surface area contributed by atoms with Crippen LogP contribution in [0, 0.1) is 0 Å². The molecular weight excluding hydrogens is 556 g/mol. The highest BCUT2D eigenvalue weighted by Gasteiger charge is 2.31. The maximum Gasteiger partial charge on any atom is 0.270 e. The van der Waals surface area contributed by atoms with Gasteiger partial charge in [-0.15, -0.1) is 0 Å². The summed E-state index contributed by atoms with van der Waals surface area (Å²) in [4.78, 5) is 36.3. The van der Waals surface area contributed by atoms with Crippen LogP contribution in [0.4, 0.5) is 14.7 Å². The molecule has 1 fully saturated rings. The van der Waals surface area contributed by atoms with Gasteiger partial charge in [0.05, 0.1) is 29.6 Å². The van der Waals surface area contributed by atoms with Crippen LogP contribution in [0.5, 0.6) is 0 Å². The topological polar surface area (TPSA) is 117 Å². The predicted octanol–water partition coefficient (Wildman–Crippen LogP) is 4.31. The molecule has 0 aliphatic carbocycles. The summed E-state index contributed by atoms with van der Waals surface area (Å²) in [7, 11) is 0. The third-order valence-electron chi connectivity index (χ3n) is 7.21. The lowest BCUT2D eigenvalue weighted by Crippen LogP contribution is -2.40. The highest BCUT2D eigenvalue weighted by molar-refractivity contribution is 6.33. The predicted molar refractivity (Wildman–Crippen MR) is 149 cm³/mol. The fourth-order valence-corrected chi connectivity index (χ4v) is 5.18. The Morgan fingerprint density at radius 2 is 2.02 bits per heavy atom. The van der Waals surface area contributed by atoms with Gasteiger partial charge in [0, 0.05) is 49.4 Å². The van der Waals surface area contributed by atoms with Gasteiger partial charge in [0.2, 0.25) is 11.9 Å². The molecule has 0 spiro atoms. The number of fused-ring (bicyclic) bond motifs is 1. The van der Waals surface area contributed by atoms with Crippen molar-refractivity contribution in [2.75, 3.05) is 31.7 Å². The molecule has 3 heterocycles. The number of benzene rings is 2. The normalized spacial score (nSPS) is 16.4. The zero-order valence-electron chi connectivity index (χ0n) is 22.4. The molecule has 3 N–H and O–H groups in total. The maximum atomic E-state index is 13.8. The van der Waals surface area contributed by atoms with E-state index in [0.717, 1.165) is 25.3 Å². The smallest absolute Gasteiger partial charge is 0.270 e. The van der Waals surface area contributed by atoms with E-state index in [2.05, 4.69) is 20.6 Å². The molecule has 1 saturated heterocycles. The summed E-state index contributed by atoms with van der Waals surface area (Å²) in [6.07, 6.45) is 3.21. The molecule has 1 aromatic heterocycles. The third kappa shape index (κ3) is 6.64. The minimum Gasteiger partial charge on any atom is -0.394 e. The van der Waals surface area contributed by atoms with Crippen LogP contribution in [0.2, 0.25) is 5.02 Å². The molecule has 2 amide bonds. The number of aliphatic hydroxyl groups is 1. The number of hydrogen-bond acceptors (Lipinski definition) is 7. The highest BCUT2D eigenvalue weighted by Crippen LogP contribution is 2.32. The van der Waals surface area contributed by atoms with Crippen molar-refractivity contribution in [3.63, 3.8) is 0 Å². The van der Waals surface area contributed by atoms with E-state index in [0.29, 0.717) is 46.6 Å². The first-order valence-electron chi connectivity index (χ1n) is 13.3. The first kappa shape index (κ1) is 28.8. The van der Waals surface area contributed by atoms with Crippen molar-refractivity contribution in [1.29, 1.82) is 0 Å². The van der Waals surface area contributed by atoms with Gasteiger partial charge in [0.1, 0.15) is 6.54 Å². The first-order valence-corrected chi connectivity index (χ1v) is 13.7. The van der Waals surface area contributed by atoms with Gasteiger partial charge in [-0.25, -0.2) is 18.7 Å². The molecule has 2 aliphatic heterocycles. The van der Waals surface area contributed by atoms with E-state index in [1.54, 1.807) is 18.2 Å². The van der Waals surface area contributed by atoms with E-state index in [1.807, 2.05) is 6.07 Å². The molecule has 216 valence electrons. The van der Waals surface area contributed by atoms with Crippen LogP contribution >= 0.6 is 11.6 Å². The Morgan fingerprint density at radius 3 is 2.76 bits per heavy atom. The molecule has 9 nitrogen and oxygen atoms in total. The van der Waals surface area contributed by atoms with Gasteiger partial charge in [-0.3, -0.25) is 9.59 Å². The summed E-state index contributed by atoms with van der Waals surface area (Å²) in [5, 5.41) is 16.1. The number of amides is 2. The van der Waals surface area contributed by atoms with Crippen molar-refractivity contribution >= 4 is 29.4 Å². The van der Waals surface area contributed by atoms with E-state index >= 15 is 0 Å². The van der Waals surface area contributed by atoms with Crippen LogP contribution in [0.15, 0.2) is 48.7 Å². The number of alkyl halides is 2. The second-order valence-electron chi connectivity index (χ2n) is 10.3. The molecule has 2 aliphatic rings. The lowest BCUT2D eigenvalue weighted by Gasteiger charge is -2.23. The molecule has 12 heteroatoms. The summed E-state index contributed by atoms with van der Waals surface area (Å²) in [5.41, 5.74) is 2.41. The van der Waals surface area contributed by atoms with Crippen molar-refractivity contribution in [2.24, 2.45) is 0 Å². The largest absolute Gasteiger partial charge is 0.394 e. The number of ether oxygens (including phenoxy) is 1. The van der Waals surface area contributed by atoms with Crippen molar-refractivity contribution in [3.05, 3.63) is 75.9 Å². The van der Waals surface area contributed by atoms with Crippen molar-refractivity contribution in [3.8, 4) is 11.3 Å². The van der Waals surface area contributed by atoms with E-state index < -0.39 is 24.5 Å². The van der Waals surface area contributed by atoms with Gasteiger partial charge in [-0.1, -0.05) is 41.9 Å². The van der Waals surface area contributed by atoms with Crippen molar-refractivity contribution in [1.82, 2.24) is 20.2 Å². The van der Waals surface area contributed by atoms with Crippen LogP contribution in [-0.4, -0.2) is 64.2 Å². The summed E-state index contributed by atoms with van der Waals surface area (Å²) < 4.78 is 32.9. The first-order chi connectivity index (χ1) is 19.6. The van der Waals surface area contributed by atoms with Gasteiger partial charge >= 0.3 is 0 Å². The number of aromatic nitrogens is 2. The van der Waals surface area contributed by atoms with E-state index in [4.69, 9.17) is 16.3 Å². The number of rotatable bonds is 9. The zero-order chi connectivity index (χ0) is 29.1. The Labute approximate surface area is 240 Å². The molecule has 1 unspecified atom stereocenters. The fraction of sp³-hybridized carbons (Fsp3) is 0.379. The van der Waals surface area contributed by atoms with Crippen LogP contribution < -0.4 is 10.6 Å². The second-order valence-corrected chi connectivity index (χ2v) is 10.7. The standard InChI is InChI=1S/C29H30ClF2N5O4/c1-29(31,32)20-4-2-3-17(11-20)24(16-38)35-25(39)15-37-14-19-6-5-18(12-22(19)27(37)40)26-23(30)13-33-28(36-26)34-21-7-9-41-10-8-21/h2-6,11-13,21,24,38H,7-10,14-16H2,1H3,(H,35,39)(H,33,34,36). The summed E-state index contributed by atoms with van der Waals surface area (Å²) in [5.74, 6) is -3.49. The van der Waals surface area contributed by atoms with Gasteiger partial charge in [0.15, 0.2) is 0 Å². The molecule has 41 heavy (non-hydrogen) atoms. The van der Waals surface area contributed by atoms with Gasteiger partial charge in [0.25, 0.3) is 11.8 Å². The van der Waals surface area contributed by atoms with Crippen LogP contribution in [0.3, 0.4) is 0 Å². The highest BCUT2D eigenvalue weighted by atomic mass is 35.5. The van der Waals surface area contributed by atoms with Crippen LogP contribution in [0.1, 0.15) is 52.9 Å². The molecule has 0 saturated carbocycles. The lowest BCUT2D eigenvalue weighted by molar-refractivity contribution is -0.122. The van der Waals surface area contributed by atoms with Gasteiger partial charge < -0.3 is 25.4 Å². The lowest BCUT2D eigenvalue weighted by atomic mass is 10.0. The number of carbonyl (C=O) groups is 2. The van der Waals surface area contributed by atoms with Crippen molar-refractivity contribution < 1.29 is 28.2 Å². The van der Waals surface area contributed by atoms with Gasteiger partial charge in [-0.2, -0.15) is 0 Å². The average Bonchev–Trinajstić information content (AvgIpc) is 3.27. The molecule has 2 aromatic carbocycles. The molecule has 0 bridgehead atoms. The Bertz CT molecular complexity index is 1440. The Kier molecular flexibility index (Phi) is 8.48. The summed E-state index contributed by atoms with van der Waals surface area (Å²) >= 11 is 6.42. The number of hydrogen-bond donors (Lipinski definition) is 3. The fourth-order valence-electron chi connectivity index (χ4n) is 4.98. The van der Waals surface area contributed by atoms with Crippen LogP contribution in [-0.2, 0) is 22.0 Å². The minimum absolute atomic E-state index is 0.195. The number of carbonyl (C=O) groups excluding carboxylic acids is 2. The molecule has 1 atom stereocenters. The quantitative estimate of drug-likeness (QED) is 0.343. The number of nitrogens with one attached hydrogen (secondary N) is 2. The van der Waals surface area contributed by atoms with Gasteiger partial charge in [-0.05, 0) is 36.1 Å². The summed E-state index contributed by atoms with van der Waals surface area (Å²) in [6, 6.07) is 10.2. The third-order valence-corrected chi connectivity index (χ3v) is 7.49. The summed E-state index contributed by atoms with van der Waals surface area (Å²) in [6.45, 7) is 1.58. The van der Waals surface area contributed by atoms with E-state index in [9.17, 15) is 23.5 Å². The number of nitrogens with zero attached hydrogens (tertiary/aromatic N) is 3. The molecule has 0 radical (unpaired) electrons. The Morgan fingerprint density at radius 1 is 1.24 bits per heavy atom. The van der Waals surface area contributed by atoms with E-state index in [1.165, 1.54) is 29.3 Å². The van der Waals surface area contributed by atoms with Crippen LogP contribution in [0.25, 0.3) is 11.3 Å². The maximum absolute atomic E-state index is 13.8. The number of anilines is 1. The minimum atomic E-state index is -3.06. The molecular formula is C29H30ClF2N5O4. The Hall–Kier alpha value is -3.67. The van der Waals surface area contributed by atoms with Crippen molar-refractivity contribution in [2.45, 2.75) is 44.3 Å². The van der Waals surface area contributed by atoms with E-state index in [-0.39, 0.29) is 30.6 Å². The average molecular weight is 586 g/mol. The SMILES string of the molecule is CC(F)(F)c1cccc(C(CO)NC(=O)CN2Cc3ccc(-c4nc(NC5CCOCC5)ncc4Cl)cc3C2=O)c1. The number of halogens is 3. The number of aliphatic hydroxyl groups excluding tert-OH is 1. The monoisotopic (exact) mass is 585 g/mol. The zero-order valence-corrected chi connectivity index (χ0v) is 23.1. The second kappa shape index (κ2) is 12.1.